The van der Waals surface area contributed by atoms with Gasteiger partial charge in [0.25, 0.3) is 0 Å². The number of ether oxygens (including phenoxy) is 2. The number of quaternary nitrogens is 1. The fourth-order valence-corrected chi connectivity index (χ4v) is 3.39. The SMILES string of the molecule is C/C=C(/C)C(=O)OCC1=CC[N+]23CC[C@@H](OC2)C13. The van der Waals surface area contributed by atoms with Gasteiger partial charge < -0.3 is 9.47 Å². The Bertz CT molecular complexity index is 430. The van der Waals surface area contributed by atoms with Gasteiger partial charge in [0.15, 0.2) is 6.73 Å². The van der Waals surface area contributed by atoms with E-state index >= 15 is 0 Å². The molecule has 3 aliphatic rings. The van der Waals surface area contributed by atoms with Crippen LogP contribution in [0.4, 0.5) is 0 Å². The normalized spacial score (nSPS) is 37.7. The largest absolute Gasteiger partial charge is 0.458 e. The molecule has 0 aliphatic carbocycles. The Labute approximate surface area is 107 Å². The van der Waals surface area contributed by atoms with Crippen LogP contribution in [0, 0.1) is 0 Å². The molecule has 4 heteroatoms. The zero-order valence-corrected chi connectivity index (χ0v) is 11.0. The van der Waals surface area contributed by atoms with Crippen LogP contribution in [0.25, 0.3) is 0 Å². The van der Waals surface area contributed by atoms with Gasteiger partial charge in [-0.1, -0.05) is 6.08 Å². The number of allylic oxidation sites excluding steroid dienone is 1. The number of hydrogen-bond donors (Lipinski definition) is 0. The van der Waals surface area contributed by atoms with E-state index in [9.17, 15) is 4.79 Å². The van der Waals surface area contributed by atoms with Crippen molar-refractivity contribution in [3.63, 3.8) is 0 Å². The van der Waals surface area contributed by atoms with E-state index < -0.39 is 0 Å². The zero-order chi connectivity index (χ0) is 12.8. The van der Waals surface area contributed by atoms with E-state index in [1.165, 1.54) is 12.1 Å². The van der Waals surface area contributed by atoms with Gasteiger partial charge in [0.2, 0.25) is 0 Å². The minimum Gasteiger partial charge on any atom is -0.458 e. The molecule has 0 aromatic carbocycles. The molecular formula is C14H20NO3+. The molecule has 3 heterocycles. The lowest BCUT2D eigenvalue weighted by atomic mass is 10.1. The van der Waals surface area contributed by atoms with Gasteiger partial charge in [0.05, 0.1) is 6.54 Å². The van der Waals surface area contributed by atoms with Crippen LogP contribution in [0.2, 0.25) is 0 Å². The molecule has 18 heavy (non-hydrogen) atoms. The van der Waals surface area contributed by atoms with Gasteiger partial charge in [-0.25, -0.2) is 4.79 Å². The third-order valence-corrected chi connectivity index (χ3v) is 4.57. The molecule has 0 saturated carbocycles. The zero-order valence-electron chi connectivity index (χ0n) is 11.0. The molecule has 2 unspecified atom stereocenters. The number of hydrogen-bond acceptors (Lipinski definition) is 3. The van der Waals surface area contributed by atoms with Crippen LogP contribution in [-0.4, -0.2) is 49.0 Å². The number of carbonyl (C=O) groups excluding carboxylic acids is 1. The Kier molecular flexibility index (Phi) is 2.79. The highest BCUT2D eigenvalue weighted by Gasteiger charge is 2.58. The quantitative estimate of drug-likeness (QED) is 0.328. The van der Waals surface area contributed by atoms with Crippen molar-refractivity contribution in [3.8, 4) is 0 Å². The maximum absolute atomic E-state index is 11.6. The van der Waals surface area contributed by atoms with E-state index in [-0.39, 0.29) is 5.97 Å². The lowest BCUT2D eigenvalue weighted by Gasteiger charge is -2.29. The molecule has 0 N–H and O–H groups in total. The van der Waals surface area contributed by atoms with Crippen molar-refractivity contribution in [2.45, 2.75) is 32.4 Å². The molecule has 3 rings (SSSR count). The first-order valence-corrected chi connectivity index (χ1v) is 6.62. The highest BCUT2D eigenvalue weighted by Crippen LogP contribution is 2.43. The van der Waals surface area contributed by atoms with Crippen molar-refractivity contribution in [1.82, 2.24) is 0 Å². The Balaban J connectivity index is 1.64. The maximum Gasteiger partial charge on any atom is 0.333 e. The summed E-state index contributed by atoms with van der Waals surface area (Å²) in [5.41, 5.74) is 1.93. The number of nitrogens with zero attached hydrogens (tertiary/aromatic N) is 1. The van der Waals surface area contributed by atoms with Crippen LogP contribution < -0.4 is 0 Å². The lowest BCUT2D eigenvalue weighted by Crippen LogP contribution is -2.47. The summed E-state index contributed by atoms with van der Waals surface area (Å²) in [7, 11) is 0. The molecule has 2 fully saturated rings. The van der Waals surface area contributed by atoms with Crippen LogP contribution >= 0.6 is 0 Å². The van der Waals surface area contributed by atoms with E-state index in [2.05, 4.69) is 6.08 Å². The van der Waals surface area contributed by atoms with E-state index in [1.54, 1.807) is 13.0 Å². The summed E-state index contributed by atoms with van der Waals surface area (Å²) in [5.74, 6) is -0.210. The van der Waals surface area contributed by atoms with Crippen molar-refractivity contribution in [2.24, 2.45) is 0 Å². The second kappa shape index (κ2) is 4.21. The first-order valence-electron chi connectivity index (χ1n) is 6.62. The predicted molar refractivity (Wildman–Crippen MR) is 66.6 cm³/mol. The van der Waals surface area contributed by atoms with Crippen LogP contribution in [0.15, 0.2) is 23.3 Å². The fraction of sp³-hybridized carbons (Fsp3) is 0.643. The maximum atomic E-state index is 11.6. The summed E-state index contributed by atoms with van der Waals surface area (Å²) in [6.07, 6.45) is 5.52. The number of esters is 1. The minimum absolute atomic E-state index is 0.210. The standard InChI is InChI=1S/C14H20NO3/c1-3-10(2)14(16)17-8-11-4-6-15-7-5-12(13(11)15)18-9-15/h3-4,12-13H,5-9H2,1-2H3/q+1/b10-3-/t12-,13?,15?/m1/s1. The average Bonchev–Trinajstić information content (AvgIpc) is 3.02. The molecular weight excluding hydrogens is 230 g/mol. The molecule has 3 aliphatic heterocycles. The molecule has 4 nitrogen and oxygen atoms in total. The second-order valence-corrected chi connectivity index (χ2v) is 5.52. The molecule has 2 saturated heterocycles. The monoisotopic (exact) mass is 250 g/mol. The minimum atomic E-state index is -0.210. The smallest absolute Gasteiger partial charge is 0.333 e. The Morgan fingerprint density at radius 3 is 3.17 bits per heavy atom. The number of rotatable bonds is 3. The third-order valence-electron chi connectivity index (χ3n) is 4.57. The van der Waals surface area contributed by atoms with E-state index in [0.717, 1.165) is 24.2 Å². The van der Waals surface area contributed by atoms with Crippen molar-refractivity contribution in [2.75, 3.05) is 26.4 Å². The van der Waals surface area contributed by atoms with Crippen molar-refractivity contribution in [3.05, 3.63) is 23.3 Å². The summed E-state index contributed by atoms with van der Waals surface area (Å²) in [6, 6.07) is 0.448. The van der Waals surface area contributed by atoms with E-state index in [4.69, 9.17) is 9.47 Å². The van der Waals surface area contributed by atoms with Crippen LogP contribution in [0.5, 0.6) is 0 Å². The van der Waals surface area contributed by atoms with Gasteiger partial charge in [0, 0.05) is 17.6 Å². The highest BCUT2D eigenvalue weighted by atomic mass is 16.5. The summed E-state index contributed by atoms with van der Waals surface area (Å²) >= 11 is 0. The molecule has 0 aromatic heterocycles. The summed E-state index contributed by atoms with van der Waals surface area (Å²) in [4.78, 5) is 11.6. The van der Waals surface area contributed by atoms with Crippen molar-refractivity contribution in [1.29, 1.82) is 0 Å². The van der Waals surface area contributed by atoms with E-state index in [0.29, 0.717) is 24.3 Å². The van der Waals surface area contributed by atoms with Crippen molar-refractivity contribution >= 4 is 5.97 Å². The Morgan fingerprint density at radius 2 is 2.50 bits per heavy atom. The van der Waals surface area contributed by atoms with Crippen LogP contribution in [0.3, 0.4) is 0 Å². The molecule has 0 radical (unpaired) electrons. The van der Waals surface area contributed by atoms with Gasteiger partial charge >= 0.3 is 5.97 Å². The predicted octanol–water partition coefficient (Wildman–Crippen LogP) is 1.38. The summed E-state index contributed by atoms with van der Waals surface area (Å²) in [5, 5.41) is 0. The Hall–Kier alpha value is -1.13. The molecule has 0 amide bonds. The highest BCUT2D eigenvalue weighted by molar-refractivity contribution is 5.87. The van der Waals surface area contributed by atoms with Crippen LogP contribution in [0.1, 0.15) is 20.3 Å². The second-order valence-electron chi connectivity index (χ2n) is 5.52. The van der Waals surface area contributed by atoms with E-state index in [1.807, 2.05) is 6.92 Å². The first-order chi connectivity index (χ1) is 8.66. The van der Waals surface area contributed by atoms with Crippen LogP contribution in [-0.2, 0) is 14.3 Å². The summed E-state index contributed by atoms with van der Waals surface area (Å²) < 4.78 is 12.2. The van der Waals surface area contributed by atoms with Gasteiger partial charge in [-0.15, -0.1) is 0 Å². The molecule has 0 aromatic rings. The van der Waals surface area contributed by atoms with Crippen molar-refractivity contribution < 1.29 is 18.8 Å². The molecule has 3 atom stereocenters. The summed E-state index contributed by atoms with van der Waals surface area (Å²) in [6.45, 7) is 7.13. The van der Waals surface area contributed by atoms with Gasteiger partial charge in [-0.3, -0.25) is 4.48 Å². The average molecular weight is 250 g/mol. The molecule has 2 bridgehead atoms. The van der Waals surface area contributed by atoms with Gasteiger partial charge in [-0.2, -0.15) is 0 Å². The molecule has 98 valence electrons. The Morgan fingerprint density at radius 1 is 1.67 bits per heavy atom. The number of carbonyl (C=O) groups is 1. The topological polar surface area (TPSA) is 35.5 Å². The molecule has 0 spiro atoms. The third kappa shape index (κ3) is 1.63. The van der Waals surface area contributed by atoms with Gasteiger partial charge in [0.1, 0.15) is 25.3 Å². The lowest BCUT2D eigenvalue weighted by molar-refractivity contribution is -0.926. The fourth-order valence-electron chi connectivity index (χ4n) is 3.39. The first kappa shape index (κ1) is 11.9. The van der Waals surface area contributed by atoms with Gasteiger partial charge in [-0.05, 0) is 19.9 Å².